The molecule has 0 saturated carbocycles. The fourth-order valence-corrected chi connectivity index (χ4v) is 2.72. The third kappa shape index (κ3) is 6.63. The SMILES string of the molecule is CC(C)(C)OC(=O)N1CCN(CCCNC(=O)c2cccc(F)c2)CC1. The number of carbonyl (C=O) groups is 2. The van der Waals surface area contributed by atoms with E-state index >= 15 is 0 Å². The van der Waals surface area contributed by atoms with Crippen LogP contribution in [0, 0.1) is 5.82 Å². The third-order valence-electron chi connectivity index (χ3n) is 4.05. The zero-order valence-corrected chi connectivity index (χ0v) is 15.8. The molecule has 7 heteroatoms. The Bertz CT molecular complexity index is 623. The molecule has 0 aromatic heterocycles. The van der Waals surface area contributed by atoms with Gasteiger partial charge in [-0.2, -0.15) is 0 Å². The lowest BCUT2D eigenvalue weighted by Gasteiger charge is -2.35. The fraction of sp³-hybridized carbons (Fsp3) is 0.579. The van der Waals surface area contributed by atoms with Gasteiger partial charge in [0.2, 0.25) is 0 Å². The van der Waals surface area contributed by atoms with Crippen molar-refractivity contribution in [3.63, 3.8) is 0 Å². The predicted octanol–water partition coefficient (Wildman–Crippen LogP) is 2.50. The summed E-state index contributed by atoms with van der Waals surface area (Å²) in [5, 5.41) is 2.80. The van der Waals surface area contributed by atoms with Gasteiger partial charge in [-0.1, -0.05) is 6.07 Å². The Kier molecular flexibility index (Phi) is 6.97. The molecule has 2 amide bonds. The summed E-state index contributed by atoms with van der Waals surface area (Å²) in [5.74, 6) is -0.681. The number of benzene rings is 1. The van der Waals surface area contributed by atoms with Crippen LogP contribution >= 0.6 is 0 Å². The van der Waals surface area contributed by atoms with Crippen molar-refractivity contribution in [1.29, 1.82) is 0 Å². The summed E-state index contributed by atoms with van der Waals surface area (Å²) >= 11 is 0. The molecule has 1 aromatic carbocycles. The van der Waals surface area contributed by atoms with Crippen molar-refractivity contribution in [3.8, 4) is 0 Å². The van der Waals surface area contributed by atoms with Crippen LogP contribution in [-0.2, 0) is 4.74 Å². The number of ether oxygens (including phenoxy) is 1. The number of hydrogen-bond acceptors (Lipinski definition) is 4. The smallest absolute Gasteiger partial charge is 0.410 e. The van der Waals surface area contributed by atoms with E-state index in [9.17, 15) is 14.0 Å². The van der Waals surface area contributed by atoms with Gasteiger partial charge in [0, 0.05) is 38.3 Å². The molecular weight excluding hydrogens is 337 g/mol. The Hall–Kier alpha value is -2.15. The summed E-state index contributed by atoms with van der Waals surface area (Å²) in [4.78, 5) is 27.9. The Morgan fingerprint density at radius 1 is 1.19 bits per heavy atom. The highest BCUT2D eigenvalue weighted by Gasteiger charge is 2.25. The lowest BCUT2D eigenvalue weighted by molar-refractivity contribution is 0.0144. The van der Waals surface area contributed by atoms with Crippen LogP contribution in [-0.4, -0.2) is 66.7 Å². The third-order valence-corrected chi connectivity index (χ3v) is 4.05. The molecule has 0 bridgehead atoms. The molecule has 144 valence electrons. The van der Waals surface area contributed by atoms with Gasteiger partial charge in [0.15, 0.2) is 0 Å². The summed E-state index contributed by atoms with van der Waals surface area (Å²) in [6, 6.07) is 5.65. The Morgan fingerprint density at radius 2 is 1.88 bits per heavy atom. The molecule has 1 aliphatic rings. The van der Waals surface area contributed by atoms with Crippen molar-refractivity contribution >= 4 is 12.0 Å². The molecule has 1 aromatic rings. The van der Waals surface area contributed by atoms with Crippen molar-refractivity contribution in [2.75, 3.05) is 39.3 Å². The lowest BCUT2D eigenvalue weighted by atomic mass is 10.2. The van der Waals surface area contributed by atoms with Gasteiger partial charge in [0.25, 0.3) is 5.91 Å². The molecule has 0 unspecified atom stereocenters. The van der Waals surface area contributed by atoms with Crippen molar-refractivity contribution in [1.82, 2.24) is 15.1 Å². The van der Waals surface area contributed by atoms with E-state index in [1.54, 1.807) is 11.0 Å². The fourth-order valence-electron chi connectivity index (χ4n) is 2.72. The van der Waals surface area contributed by atoms with Gasteiger partial charge in [-0.25, -0.2) is 9.18 Å². The molecule has 1 fully saturated rings. The van der Waals surface area contributed by atoms with Crippen molar-refractivity contribution in [2.45, 2.75) is 32.8 Å². The Balaban J connectivity index is 1.63. The van der Waals surface area contributed by atoms with Crippen molar-refractivity contribution in [3.05, 3.63) is 35.6 Å². The van der Waals surface area contributed by atoms with E-state index in [0.717, 1.165) is 26.1 Å². The topological polar surface area (TPSA) is 61.9 Å². The number of nitrogens with one attached hydrogen (secondary N) is 1. The molecule has 0 aliphatic carbocycles. The Morgan fingerprint density at radius 3 is 2.50 bits per heavy atom. The second-order valence-electron chi connectivity index (χ2n) is 7.43. The Labute approximate surface area is 154 Å². The van der Waals surface area contributed by atoms with Crippen LogP contribution in [0.4, 0.5) is 9.18 Å². The minimum absolute atomic E-state index is 0.264. The number of nitrogens with zero attached hydrogens (tertiary/aromatic N) is 2. The van der Waals surface area contributed by atoms with Crippen LogP contribution in [0.1, 0.15) is 37.6 Å². The highest BCUT2D eigenvalue weighted by Crippen LogP contribution is 2.12. The van der Waals surface area contributed by atoms with Crippen LogP contribution in [0.3, 0.4) is 0 Å². The zero-order chi connectivity index (χ0) is 19.2. The molecule has 1 heterocycles. The minimum atomic E-state index is -0.478. The minimum Gasteiger partial charge on any atom is -0.444 e. The van der Waals surface area contributed by atoms with Gasteiger partial charge in [-0.15, -0.1) is 0 Å². The normalized spacial score (nSPS) is 15.6. The first-order valence-corrected chi connectivity index (χ1v) is 8.99. The molecule has 0 spiro atoms. The van der Waals surface area contributed by atoms with Crippen LogP contribution in [0.5, 0.6) is 0 Å². The molecule has 1 saturated heterocycles. The quantitative estimate of drug-likeness (QED) is 0.815. The first-order valence-electron chi connectivity index (χ1n) is 8.99. The first-order chi connectivity index (χ1) is 12.2. The number of carbonyl (C=O) groups excluding carboxylic acids is 2. The van der Waals surface area contributed by atoms with Gasteiger partial charge in [0.1, 0.15) is 11.4 Å². The van der Waals surface area contributed by atoms with Crippen LogP contribution in [0.25, 0.3) is 0 Å². The van der Waals surface area contributed by atoms with Gasteiger partial charge >= 0.3 is 6.09 Å². The summed E-state index contributed by atoms with van der Waals surface area (Å²) in [7, 11) is 0. The van der Waals surface area contributed by atoms with Crippen molar-refractivity contribution in [2.24, 2.45) is 0 Å². The highest BCUT2D eigenvalue weighted by molar-refractivity contribution is 5.94. The van der Waals surface area contributed by atoms with Gasteiger partial charge in [-0.3, -0.25) is 9.69 Å². The van der Waals surface area contributed by atoms with Gasteiger partial charge < -0.3 is 15.0 Å². The van der Waals surface area contributed by atoms with Crippen LogP contribution < -0.4 is 5.32 Å². The number of amides is 2. The van der Waals surface area contributed by atoms with E-state index in [1.165, 1.54) is 18.2 Å². The molecule has 2 rings (SSSR count). The number of piperazine rings is 1. The molecular formula is C19H28FN3O3. The summed E-state index contributed by atoms with van der Waals surface area (Å²) < 4.78 is 18.5. The molecule has 1 aliphatic heterocycles. The van der Waals surface area contributed by atoms with E-state index in [0.29, 0.717) is 25.2 Å². The number of halogens is 1. The maximum atomic E-state index is 13.1. The van der Waals surface area contributed by atoms with Gasteiger partial charge in [-0.05, 0) is 51.9 Å². The predicted molar refractivity (Wildman–Crippen MR) is 97.6 cm³/mol. The summed E-state index contributed by atoms with van der Waals surface area (Å²) in [5.41, 5.74) is -0.148. The maximum Gasteiger partial charge on any atom is 0.410 e. The monoisotopic (exact) mass is 365 g/mol. The highest BCUT2D eigenvalue weighted by atomic mass is 19.1. The van der Waals surface area contributed by atoms with E-state index < -0.39 is 11.4 Å². The molecule has 0 radical (unpaired) electrons. The lowest BCUT2D eigenvalue weighted by Crippen LogP contribution is -2.50. The second kappa shape index (κ2) is 8.98. The summed E-state index contributed by atoms with van der Waals surface area (Å²) in [6.45, 7) is 9.81. The van der Waals surface area contributed by atoms with Crippen molar-refractivity contribution < 1.29 is 18.7 Å². The summed E-state index contributed by atoms with van der Waals surface area (Å²) in [6.07, 6.45) is 0.535. The first kappa shape index (κ1) is 20.2. The number of hydrogen-bond donors (Lipinski definition) is 1. The van der Waals surface area contributed by atoms with E-state index in [2.05, 4.69) is 10.2 Å². The molecule has 26 heavy (non-hydrogen) atoms. The molecule has 0 atom stereocenters. The van der Waals surface area contributed by atoms with E-state index in [-0.39, 0.29) is 12.0 Å². The van der Waals surface area contributed by atoms with Crippen LogP contribution in [0.15, 0.2) is 24.3 Å². The van der Waals surface area contributed by atoms with E-state index in [1.807, 2.05) is 20.8 Å². The average Bonchev–Trinajstić information content (AvgIpc) is 2.57. The van der Waals surface area contributed by atoms with E-state index in [4.69, 9.17) is 4.74 Å². The number of rotatable bonds is 5. The maximum absolute atomic E-state index is 13.1. The average molecular weight is 365 g/mol. The van der Waals surface area contributed by atoms with Gasteiger partial charge in [0.05, 0.1) is 0 Å². The zero-order valence-electron chi connectivity index (χ0n) is 15.8. The standard InChI is InChI=1S/C19H28FN3O3/c1-19(2,3)26-18(25)23-12-10-22(11-13-23)9-5-8-21-17(24)15-6-4-7-16(20)14-15/h4,6-7,14H,5,8-13H2,1-3H3,(H,21,24). The largest absolute Gasteiger partial charge is 0.444 e. The molecule has 1 N–H and O–H groups in total. The van der Waals surface area contributed by atoms with Crippen LogP contribution in [0.2, 0.25) is 0 Å². The molecule has 6 nitrogen and oxygen atoms in total. The second-order valence-corrected chi connectivity index (χ2v) is 7.43.